The third-order valence-electron chi connectivity index (χ3n) is 2.66. The molecule has 19 heavy (non-hydrogen) atoms. The van der Waals surface area contributed by atoms with Crippen LogP contribution in [-0.4, -0.2) is 64.3 Å². The Kier molecular flexibility index (Phi) is 9.11. The van der Waals surface area contributed by atoms with Crippen molar-refractivity contribution in [3.63, 3.8) is 0 Å². The molecule has 0 aromatic heterocycles. The molecule has 0 aliphatic rings. The molecule has 0 aromatic carbocycles. The molecule has 0 aliphatic carbocycles. The number of rotatable bonds is 11. The number of esters is 1. The minimum absolute atomic E-state index is 0.0487. The summed E-state index contributed by atoms with van der Waals surface area (Å²) in [6, 6.07) is 0. The van der Waals surface area contributed by atoms with E-state index < -0.39 is 17.4 Å². The quantitative estimate of drug-likeness (QED) is 0.330. The molecule has 0 fully saturated rings. The van der Waals surface area contributed by atoms with Crippen molar-refractivity contribution < 1.29 is 33.6 Å². The molecule has 1 unspecified atom stereocenters. The van der Waals surface area contributed by atoms with Gasteiger partial charge in [0.1, 0.15) is 0 Å². The number of carboxylic acid groups (broad SMARTS) is 1. The second kappa shape index (κ2) is 9.71. The standard InChI is InChI=1S/C12H22O7/c1-12(10(13)14,11(15)17-3)4-5-18-8-9-19-7-6-16-2/h4-9H2,1-3H3,(H,13,14). The van der Waals surface area contributed by atoms with Crippen molar-refractivity contribution >= 4 is 11.9 Å². The van der Waals surface area contributed by atoms with Crippen molar-refractivity contribution in [3.05, 3.63) is 0 Å². The van der Waals surface area contributed by atoms with E-state index in [1.54, 1.807) is 7.11 Å². The highest BCUT2D eigenvalue weighted by Gasteiger charge is 2.42. The van der Waals surface area contributed by atoms with E-state index in [-0.39, 0.29) is 13.0 Å². The first-order valence-electron chi connectivity index (χ1n) is 5.95. The maximum Gasteiger partial charge on any atom is 0.323 e. The highest BCUT2D eigenvalue weighted by atomic mass is 16.5. The van der Waals surface area contributed by atoms with Crippen LogP contribution in [0.4, 0.5) is 0 Å². The summed E-state index contributed by atoms with van der Waals surface area (Å²) in [5.41, 5.74) is -1.58. The Bertz CT molecular complexity index is 279. The summed E-state index contributed by atoms with van der Waals surface area (Å²) >= 11 is 0. The fraction of sp³-hybridized carbons (Fsp3) is 0.833. The van der Waals surface area contributed by atoms with E-state index in [0.717, 1.165) is 7.11 Å². The number of ether oxygens (including phenoxy) is 4. The van der Waals surface area contributed by atoms with Crippen molar-refractivity contribution in [1.29, 1.82) is 0 Å². The zero-order valence-electron chi connectivity index (χ0n) is 11.6. The van der Waals surface area contributed by atoms with Crippen LogP contribution < -0.4 is 0 Å². The Labute approximate surface area is 112 Å². The normalized spacial score (nSPS) is 13.8. The molecular weight excluding hydrogens is 256 g/mol. The van der Waals surface area contributed by atoms with Crippen LogP contribution in [0.15, 0.2) is 0 Å². The minimum atomic E-state index is -1.58. The van der Waals surface area contributed by atoms with Gasteiger partial charge in [0, 0.05) is 13.7 Å². The third-order valence-corrected chi connectivity index (χ3v) is 2.66. The highest BCUT2D eigenvalue weighted by molar-refractivity contribution is 5.98. The summed E-state index contributed by atoms with van der Waals surface area (Å²) in [6.07, 6.45) is 0.0487. The topological polar surface area (TPSA) is 91.3 Å². The van der Waals surface area contributed by atoms with Crippen LogP contribution in [0.2, 0.25) is 0 Å². The molecule has 0 amide bonds. The average molecular weight is 278 g/mol. The molecule has 0 spiro atoms. The van der Waals surface area contributed by atoms with Gasteiger partial charge in [0.25, 0.3) is 0 Å². The zero-order valence-corrected chi connectivity index (χ0v) is 11.6. The minimum Gasteiger partial charge on any atom is -0.480 e. The lowest BCUT2D eigenvalue weighted by Gasteiger charge is -2.21. The van der Waals surface area contributed by atoms with Crippen molar-refractivity contribution in [2.24, 2.45) is 5.41 Å². The van der Waals surface area contributed by atoms with E-state index >= 15 is 0 Å². The smallest absolute Gasteiger partial charge is 0.323 e. The number of hydrogen-bond acceptors (Lipinski definition) is 6. The molecular formula is C12H22O7. The first-order chi connectivity index (χ1) is 8.99. The lowest BCUT2D eigenvalue weighted by atomic mass is 9.87. The Morgan fingerprint density at radius 1 is 1.00 bits per heavy atom. The molecule has 1 atom stereocenters. The van der Waals surface area contributed by atoms with Crippen molar-refractivity contribution in [2.45, 2.75) is 13.3 Å². The summed E-state index contributed by atoms with van der Waals surface area (Å²) in [5, 5.41) is 9.04. The molecule has 0 saturated heterocycles. The molecule has 0 aliphatic heterocycles. The number of aliphatic carboxylic acids is 1. The van der Waals surface area contributed by atoms with Crippen LogP contribution in [0.3, 0.4) is 0 Å². The van der Waals surface area contributed by atoms with Crippen LogP contribution in [-0.2, 0) is 28.5 Å². The Morgan fingerprint density at radius 2 is 1.53 bits per heavy atom. The van der Waals surface area contributed by atoms with Gasteiger partial charge >= 0.3 is 11.9 Å². The van der Waals surface area contributed by atoms with Gasteiger partial charge in [-0.2, -0.15) is 0 Å². The first-order valence-corrected chi connectivity index (χ1v) is 5.95. The Morgan fingerprint density at radius 3 is 2.00 bits per heavy atom. The predicted molar refractivity (Wildman–Crippen MR) is 65.9 cm³/mol. The summed E-state index contributed by atoms with van der Waals surface area (Å²) in [7, 11) is 2.74. The van der Waals surface area contributed by atoms with Crippen LogP contribution in [0, 0.1) is 5.41 Å². The van der Waals surface area contributed by atoms with Gasteiger partial charge in [-0.3, -0.25) is 9.59 Å². The van der Waals surface area contributed by atoms with Gasteiger partial charge in [0.15, 0.2) is 5.41 Å². The largest absolute Gasteiger partial charge is 0.480 e. The molecule has 0 rings (SSSR count). The molecule has 0 saturated carbocycles. The molecule has 0 aromatic rings. The number of carboxylic acids is 1. The van der Waals surface area contributed by atoms with Gasteiger partial charge in [-0.25, -0.2) is 0 Å². The Hall–Kier alpha value is -1.18. The van der Waals surface area contributed by atoms with Crippen LogP contribution in [0.1, 0.15) is 13.3 Å². The molecule has 0 heterocycles. The van der Waals surface area contributed by atoms with Gasteiger partial charge in [0.2, 0.25) is 0 Å². The van der Waals surface area contributed by atoms with Crippen molar-refractivity contribution in [1.82, 2.24) is 0 Å². The van der Waals surface area contributed by atoms with E-state index in [0.29, 0.717) is 26.4 Å². The van der Waals surface area contributed by atoms with Gasteiger partial charge in [-0.15, -0.1) is 0 Å². The third kappa shape index (κ3) is 6.51. The number of carbonyl (C=O) groups is 2. The predicted octanol–water partition coefficient (Wildman–Crippen LogP) is 0.320. The molecule has 7 heteroatoms. The monoisotopic (exact) mass is 278 g/mol. The van der Waals surface area contributed by atoms with E-state index in [2.05, 4.69) is 4.74 Å². The fourth-order valence-electron chi connectivity index (χ4n) is 1.26. The maximum atomic E-state index is 11.4. The van der Waals surface area contributed by atoms with Gasteiger partial charge in [-0.05, 0) is 13.3 Å². The van der Waals surface area contributed by atoms with E-state index in [1.807, 2.05) is 0 Å². The van der Waals surface area contributed by atoms with Gasteiger partial charge in [0.05, 0.1) is 33.5 Å². The summed E-state index contributed by atoms with van der Waals surface area (Å²) in [6.45, 7) is 3.19. The second-order valence-electron chi connectivity index (χ2n) is 4.10. The number of methoxy groups -OCH3 is 2. The maximum absolute atomic E-state index is 11.4. The average Bonchev–Trinajstić information content (AvgIpc) is 2.40. The van der Waals surface area contributed by atoms with E-state index in [9.17, 15) is 9.59 Å². The van der Waals surface area contributed by atoms with Crippen molar-refractivity contribution in [3.8, 4) is 0 Å². The fourth-order valence-corrected chi connectivity index (χ4v) is 1.26. The molecule has 1 N–H and O–H groups in total. The summed E-state index contributed by atoms with van der Waals surface area (Å²) < 4.78 is 19.7. The van der Waals surface area contributed by atoms with Crippen LogP contribution in [0.25, 0.3) is 0 Å². The van der Waals surface area contributed by atoms with E-state index in [4.69, 9.17) is 19.3 Å². The highest BCUT2D eigenvalue weighted by Crippen LogP contribution is 2.23. The molecule has 7 nitrogen and oxygen atoms in total. The Balaban J connectivity index is 3.83. The van der Waals surface area contributed by atoms with Crippen LogP contribution >= 0.6 is 0 Å². The van der Waals surface area contributed by atoms with Gasteiger partial charge < -0.3 is 24.1 Å². The van der Waals surface area contributed by atoms with Gasteiger partial charge in [-0.1, -0.05) is 0 Å². The second-order valence-corrected chi connectivity index (χ2v) is 4.10. The first kappa shape index (κ1) is 17.8. The summed E-state index contributed by atoms with van der Waals surface area (Å²) in [4.78, 5) is 22.5. The molecule has 112 valence electrons. The van der Waals surface area contributed by atoms with Crippen molar-refractivity contribution in [2.75, 3.05) is 47.3 Å². The SMILES string of the molecule is COCCOCCOCCC(C)(C(=O)O)C(=O)OC. The lowest BCUT2D eigenvalue weighted by Crippen LogP contribution is -2.38. The zero-order chi connectivity index (χ0) is 14.7. The van der Waals surface area contributed by atoms with Crippen LogP contribution in [0.5, 0.6) is 0 Å². The lowest BCUT2D eigenvalue weighted by molar-refractivity contribution is -0.167. The number of carbonyl (C=O) groups excluding carboxylic acids is 1. The molecule has 0 radical (unpaired) electrons. The molecule has 0 bridgehead atoms. The summed E-state index contributed by atoms with van der Waals surface area (Å²) in [5.74, 6) is -2.00. The number of hydrogen-bond donors (Lipinski definition) is 1. The van der Waals surface area contributed by atoms with E-state index in [1.165, 1.54) is 6.92 Å².